The van der Waals surface area contributed by atoms with Crippen molar-refractivity contribution in [1.82, 2.24) is 14.7 Å². The zero-order valence-corrected chi connectivity index (χ0v) is 24.6. The van der Waals surface area contributed by atoms with Crippen LogP contribution in [0.1, 0.15) is 56.9 Å². The first kappa shape index (κ1) is 30.1. The molecule has 4 rings (SSSR count). The molecule has 2 fully saturated rings. The Balaban J connectivity index is 1.55. The van der Waals surface area contributed by atoms with Crippen molar-refractivity contribution >= 4 is 17.8 Å². The number of hydrogen-bond donors (Lipinski definition) is 1. The van der Waals surface area contributed by atoms with Gasteiger partial charge in [-0.25, -0.2) is 0 Å². The summed E-state index contributed by atoms with van der Waals surface area (Å²) in [6, 6.07) is 5.28. The molecule has 0 radical (unpaired) electrons. The summed E-state index contributed by atoms with van der Waals surface area (Å²) in [6.07, 6.45) is 4.77. The highest BCUT2D eigenvalue weighted by Gasteiger charge is 2.47. The predicted octanol–water partition coefficient (Wildman–Crippen LogP) is 2.62. The van der Waals surface area contributed by atoms with Gasteiger partial charge in [-0.2, -0.15) is 0 Å². The summed E-state index contributed by atoms with van der Waals surface area (Å²) < 4.78 is 11.9. The van der Waals surface area contributed by atoms with E-state index in [1.165, 1.54) is 0 Å². The van der Waals surface area contributed by atoms with Crippen LogP contribution in [0.2, 0.25) is 0 Å². The number of unbranched alkanes of at least 4 members (excludes halogenated alkanes) is 1. The Kier molecular flexibility index (Phi) is 9.94. The molecule has 2 saturated heterocycles. The van der Waals surface area contributed by atoms with Crippen molar-refractivity contribution in [2.75, 3.05) is 73.7 Å². The Labute approximate surface area is 238 Å². The number of hydrogen-bond acceptors (Lipinski definition) is 6. The molecule has 3 aliphatic heterocycles. The molecular formula is C30H47N4O6+. The molecule has 0 bridgehead atoms. The second-order valence-electron chi connectivity index (χ2n) is 12.5. The average molecular weight is 560 g/mol. The van der Waals surface area contributed by atoms with E-state index in [1.807, 2.05) is 28.0 Å². The van der Waals surface area contributed by atoms with E-state index in [9.17, 15) is 19.5 Å². The number of likely N-dealkylation sites (tertiary alicyclic amines) is 2. The molecule has 222 valence electrons. The Morgan fingerprint density at radius 1 is 1.12 bits per heavy atom. The van der Waals surface area contributed by atoms with Crippen LogP contribution in [-0.2, 0) is 14.4 Å². The monoisotopic (exact) mass is 559 g/mol. The molecule has 1 aromatic rings. The normalized spacial score (nSPS) is 22.8. The number of aliphatic carboxylic acids is 1. The van der Waals surface area contributed by atoms with E-state index in [4.69, 9.17) is 9.47 Å². The van der Waals surface area contributed by atoms with E-state index in [1.54, 1.807) is 0 Å². The number of quaternary nitrogens is 1. The number of carboxylic acids is 1. The van der Waals surface area contributed by atoms with E-state index in [-0.39, 0.29) is 37.1 Å². The van der Waals surface area contributed by atoms with E-state index < -0.39 is 11.9 Å². The maximum atomic E-state index is 13.7. The standard InChI is InChI=1S/C30H46N4O6/c1-5-6-13-31(15-8-17-34(2,3)4)28(36)20-33-19-23(22-10-11-25-26(18-22)40-21-39-25)29(30(37)38)24(33)12-16-32-14-7-9-27(32)35/h10-11,18,23-24,29H,5-9,12-17,19-21H2,1-4H3/p+1. The molecule has 1 aromatic carbocycles. The summed E-state index contributed by atoms with van der Waals surface area (Å²) in [6.45, 7) is 6.52. The van der Waals surface area contributed by atoms with Gasteiger partial charge in [-0.3, -0.25) is 19.3 Å². The van der Waals surface area contributed by atoms with Crippen molar-refractivity contribution in [3.8, 4) is 11.5 Å². The molecular weight excluding hydrogens is 512 g/mol. The first-order valence-electron chi connectivity index (χ1n) is 14.8. The summed E-state index contributed by atoms with van der Waals surface area (Å²) >= 11 is 0. The van der Waals surface area contributed by atoms with E-state index >= 15 is 0 Å². The number of carboxylic acid groups (broad SMARTS) is 1. The second kappa shape index (κ2) is 13.2. The number of rotatable bonds is 14. The molecule has 3 heterocycles. The molecule has 0 saturated carbocycles. The highest BCUT2D eigenvalue weighted by molar-refractivity contribution is 5.79. The number of carbonyl (C=O) groups is 3. The first-order valence-corrected chi connectivity index (χ1v) is 14.8. The van der Waals surface area contributed by atoms with Gasteiger partial charge in [0, 0.05) is 57.5 Å². The molecule has 3 aliphatic rings. The third-order valence-electron chi connectivity index (χ3n) is 8.45. The van der Waals surface area contributed by atoms with Crippen LogP contribution in [0.3, 0.4) is 0 Å². The minimum absolute atomic E-state index is 0.0487. The third kappa shape index (κ3) is 7.46. The van der Waals surface area contributed by atoms with Crippen LogP contribution in [0.15, 0.2) is 18.2 Å². The van der Waals surface area contributed by atoms with Crippen LogP contribution in [0, 0.1) is 5.92 Å². The van der Waals surface area contributed by atoms with Crippen molar-refractivity contribution in [1.29, 1.82) is 0 Å². The van der Waals surface area contributed by atoms with Crippen molar-refractivity contribution in [3.63, 3.8) is 0 Å². The lowest BCUT2D eigenvalue weighted by molar-refractivity contribution is -0.870. The molecule has 3 unspecified atom stereocenters. The fourth-order valence-electron chi connectivity index (χ4n) is 6.28. The minimum atomic E-state index is -0.874. The highest BCUT2D eigenvalue weighted by Crippen LogP contribution is 2.42. The molecule has 1 N–H and O–H groups in total. The predicted molar refractivity (Wildman–Crippen MR) is 151 cm³/mol. The number of nitrogens with zero attached hydrogens (tertiary/aromatic N) is 4. The summed E-state index contributed by atoms with van der Waals surface area (Å²) in [5.74, 6) is -0.422. The van der Waals surface area contributed by atoms with Gasteiger partial charge in [0.1, 0.15) is 0 Å². The SMILES string of the molecule is CCCCN(CCC[N+](C)(C)C)C(=O)CN1CC(c2ccc3c(c2)OCO3)C(C(=O)O)C1CCN1CCCC1=O. The topological polar surface area (TPSA) is 99.6 Å². The number of benzene rings is 1. The maximum absolute atomic E-state index is 13.7. The minimum Gasteiger partial charge on any atom is -0.481 e. The quantitative estimate of drug-likeness (QED) is 0.350. The van der Waals surface area contributed by atoms with Gasteiger partial charge in [0.2, 0.25) is 18.6 Å². The van der Waals surface area contributed by atoms with Gasteiger partial charge < -0.3 is 28.9 Å². The zero-order chi connectivity index (χ0) is 28.9. The smallest absolute Gasteiger partial charge is 0.308 e. The van der Waals surface area contributed by atoms with Crippen LogP contribution in [0.25, 0.3) is 0 Å². The Morgan fingerprint density at radius 3 is 2.55 bits per heavy atom. The lowest BCUT2D eigenvalue weighted by Crippen LogP contribution is -2.46. The largest absolute Gasteiger partial charge is 0.481 e. The van der Waals surface area contributed by atoms with Crippen molar-refractivity contribution in [3.05, 3.63) is 23.8 Å². The molecule has 10 heteroatoms. The van der Waals surface area contributed by atoms with Gasteiger partial charge in [-0.15, -0.1) is 0 Å². The number of fused-ring (bicyclic) bond motifs is 1. The Morgan fingerprint density at radius 2 is 1.88 bits per heavy atom. The van der Waals surface area contributed by atoms with Crippen molar-refractivity contribution in [2.24, 2.45) is 5.92 Å². The van der Waals surface area contributed by atoms with E-state index in [2.05, 4.69) is 33.0 Å². The average Bonchev–Trinajstić information content (AvgIpc) is 3.62. The zero-order valence-electron chi connectivity index (χ0n) is 24.6. The molecule has 40 heavy (non-hydrogen) atoms. The van der Waals surface area contributed by atoms with Gasteiger partial charge >= 0.3 is 5.97 Å². The lowest BCUT2D eigenvalue weighted by atomic mass is 9.84. The Hall–Kier alpha value is -2.85. The van der Waals surface area contributed by atoms with E-state index in [0.29, 0.717) is 57.1 Å². The lowest BCUT2D eigenvalue weighted by Gasteiger charge is -2.31. The fourth-order valence-corrected chi connectivity index (χ4v) is 6.28. The van der Waals surface area contributed by atoms with Crippen LogP contribution in [0.4, 0.5) is 0 Å². The summed E-state index contributed by atoms with van der Waals surface area (Å²) in [4.78, 5) is 44.7. The molecule has 2 amide bonds. The molecule has 3 atom stereocenters. The van der Waals surface area contributed by atoms with Gasteiger partial charge in [0.25, 0.3) is 0 Å². The van der Waals surface area contributed by atoms with Gasteiger partial charge in [0.05, 0.1) is 40.2 Å². The molecule has 0 spiro atoms. The van der Waals surface area contributed by atoms with Gasteiger partial charge in [0.15, 0.2) is 11.5 Å². The van der Waals surface area contributed by atoms with Gasteiger partial charge in [-0.1, -0.05) is 19.4 Å². The second-order valence-corrected chi connectivity index (χ2v) is 12.5. The van der Waals surface area contributed by atoms with Crippen LogP contribution < -0.4 is 9.47 Å². The highest BCUT2D eigenvalue weighted by atomic mass is 16.7. The van der Waals surface area contributed by atoms with E-state index in [0.717, 1.165) is 42.3 Å². The summed E-state index contributed by atoms with van der Waals surface area (Å²) in [5, 5.41) is 10.5. The number of ether oxygens (including phenoxy) is 2. The number of carbonyl (C=O) groups excluding carboxylic acids is 2. The van der Waals surface area contributed by atoms with Crippen molar-refractivity contribution in [2.45, 2.75) is 57.4 Å². The molecule has 0 aromatic heterocycles. The molecule has 10 nitrogen and oxygen atoms in total. The first-order chi connectivity index (χ1) is 19.1. The number of amides is 2. The maximum Gasteiger partial charge on any atom is 0.308 e. The summed E-state index contributed by atoms with van der Waals surface area (Å²) in [7, 11) is 6.46. The van der Waals surface area contributed by atoms with Crippen LogP contribution in [0.5, 0.6) is 11.5 Å². The summed E-state index contributed by atoms with van der Waals surface area (Å²) in [5.41, 5.74) is 0.875. The fraction of sp³-hybridized carbons (Fsp3) is 0.700. The molecule has 0 aliphatic carbocycles. The van der Waals surface area contributed by atoms with Crippen molar-refractivity contribution < 1.29 is 33.4 Å². The third-order valence-corrected chi connectivity index (χ3v) is 8.45. The van der Waals surface area contributed by atoms with Gasteiger partial charge in [-0.05, 0) is 37.0 Å². The Bertz CT molecular complexity index is 1060. The van der Waals surface area contributed by atoms with Crippen LogP contribution in [-0.4, -0.2) is 122 Å². The van der Waals surface area contributed by atoms with Crippen LogP contribution >= 0.6 is 0 Å².